The number of nitrogens with zero attached hydrogens (tertiary/aromatic N) is 3. The number of rotatable bonds is 5. The Kier molecular flexibility index (Phi) is 3.98. The summed E-state index contributed by atoms with van der Waals surface area (Å²) in [7, 11) is 4.15. The number of nitrogen functional groups attached to an aromatic ring is 1. The molecule has 2 rings (SSSR count). The minimum Gasteiger partial charge on any atom is -0.369 e. The molecule has 0 aromatic carbocycles. The van der Waals surface area contributed by atoms with E-state index in [1.807, 2.05) is 0 Å². The highest BCUT2D eigenvalue weighted by atomic mass is 32.1. The summed E-state index contributed by atoms with van der Waals surface area (Å²) in [6.45, 7) is 4.01. The molecule has 0 spiro atoms. The third-order valence-corrected chi connectivity index (χ3v) is 3.55. The summed E-state index contributed by atoms with van der Waals surface area (Å²) in [6.07, 6.45) is 1.07. The SMILES string of the molecule is Cc1cc2c(NCCCN(C)C)nc(N)nc2s1. The Labute approximate surface area is 111 Å². The van der Waals surface area contributed by atoms with Gasteiger partial charge in [0.1, 0.15) is 10.6 Å². The van der Waals surface area contributed by atoms with Crippen molar-refractivity contribution >= 4 is 33.3 Å². The van der Waals surface area contributed by atoms with E-state index < -0.39 is 0 Å². The van der Waals surface area contributed by atoms with Crippen molar-refractivity contribution in [3.05, 3.63) is 10.9 Å². The van der Waals surface area contributed by atoms with Gasteiger partial charge in [-0.25, -0.2) is 4.98 Å². The normalized spacial score (nSPS) is 11.3. The lowest BCUT2D eigenvalue weighted by molar-refractivity contribution is 0.405. The summed E-state index contributed by atoms with van der Waals surface area (Å²) in [6, 6.07) is 2.10. The third-order valence-electron chi connectivity index (χ3n) is 2.61. The van der Waals surface area contributed by atoms with Crippen LogP contribution in [0.15, 0.2) is 6.07 Å². The van der Waals surface area contributed by atoms with Crippen molar-refractivity contribution in [2.75, 3.05) is 38.2 Å². The van der Waals surface area contributed by atoms with E-state index in [-0.39, 0.29) is 0 Å². The van der Waals surface area contributed by atoms with Crippen molar-refractivity contribution in [2.45, 2.75) is 13.3 Å². The van der Waals surface area contributed by atoms with Crippen molar-refractivity contribution in [2.24, 2.45) is 0 Å². The van der Waals surface area contributed by atoms with Crippen molar-refractivity contribution < 1.29 is 0 Å². The zero-order valence-electron chi connectivity index (χ0n) is 11.0. The van der Waals surface area contributed by atoms with Gasteiger partial charge >= 0.3 is 0 Å². The molecule has 2 aromatic rings. The van der Waals surface area contributed by atoms with Crippen LogP contribution in [0.1, 0.15) is 11.3 Å². The number of aromatic nitrogens is 2. The van der Waals surface area contributed by atoms with Crippen LogP contribution in [0.4, 0.5) is 11.8 Å². The Morgan fingerprint density at radius 2 is 2.17 bits per heavy atom. The number of anilines is 2. The van der Waals surface area contributed by atoms with Gasteiger partial charge in [-0.05, 0) is 40.1 Å². The summed E-state index contributed by atoms with van der Waals surface area (Å²) in [5, 5.41) is 4.41. The largest absolute Gasteiger partial charge is 0.369 e. The quantitative estimate of drug-likeness (QED) is 0.809. The number of nitrogens with one attached hydrogen (secondary N) is 1. The lowest BCUT2D eigenvalue weighted by Gasteiger charge is -2.10. The first-order chi connectivity index (χ1) is 8.56. The van der Waals surface area contributed by atoms with Crippen LogP contribution >= 0.6 is 11.3 Å². The van der Waals surface area contributed by atoms with Gasteiger partial charge in [0.25, 0.3) is 0 Å². The van der Waals surface area contributed by atoms with E-state index in [2.05, 4.69) is 47.3 Å². The second kappa shape index (κ2) is 5.49. The molecule has 0 aliphatic heterocycles. The molecular formula is C12H19N5S. The molecule has 3 N–H and O–H groups in total. The van der Waals surface area contributed by atoms with Gasteiger partial charge in [-0.3, -0.25) is 0 Å². The van der Waals surface area contributed by atoms with Gasteiger partial charge in [-0.1, -0.05) is 0 Å². The standard InChI is InChI=1S/C12H19N5S/c1-8-7-9-10(14-5-4-6-17(2)3)15-12(13)16-11(9)18-8/h7H,4-6H2,1-3H3,(H3,13,14,15,16). The lowest BCUT2D eigenvalue weighted by Crippen LogP contribution is -2.16. The number of nitrogens with two attached hydrogens (primary N) is 1. The van der Waals surface area contributed by atoms with Gasteiger partial charge in [0.05, 0.1) is 5.39 Å². The van der Waals surface area contributed by atoms with Crippen molar-refractivity contribution in [1.29, 1.82) is 0 Å². The minimum atomic E-state index is 0.333. The van der Waals surface area contributed by atoms with Crippen LogP contribution in [0.3, 0.4) is 0 Å². The van der Waals surface area contributed by atoms with Gasteiger partial charge in [0.15, 0.2) is 0 Å². The second-order valence-electron chi connectivity index (χ2n) is 4.59. The molecule has 0 atom stereocenters. The molecule has 2 aromatic heterocycles. The number of fused-ring (bicyclic) bond motifs is 1. The zero-order valence-corrected chi connectivity index (χ0v) is 11.8. The van der Waals surface area contributed by atoms with E-state index in [9.17, 15) is 0 Å². The van der Waals surface area contributed by atoms with Crippen LogP contribution in [-0.4, -0.2) is 42.1 Å². The second-order valence-corrected chi connectivity index (χ2v) is 5.82. The smallest absolute Gasteiger partial charge is 0.223 e. The van der Waals surface area contributed by atoms with Crippen molar-refractivity contribution in [3.8, 4) is 0 Å². The summed E-state index contributed by atoms with van der Waals surface area (Å²) < 4.78 is 0. The number of hydrogen-bond acceptors (Lipinski definition) is 6. The summed E-state index contributed by atoms with van der Waals surface area (Å²) in [5.41, 5.74) is 5.72. The van der Waals surface area contributed by atoms with E-state index in [1.165, 1.54) is 4.88 Å². The Balaban J connectivity index is 2.11. The Hall–Kier alpha value is -1.40. The molecule has 0 saturated heterocycles. The zero-order chi connectivity index (χ0) is 13.1. The first-order valence-corrected chi connectivity index (χ1v) is 6.80. The predicted molar refractivity (Wildman–Crippen MR) is 78.2 cm³/mol. The van der Waals surface area contributed by atoms with E-state index in [0.29, 0.717) is 5.95 Å². The fourth-order valence-electron chi connectivity index (χ4n) is 1.80. The fourth-order valence-corrected chi connectivity index (χ4v) is 2.68. The van der Waals surface area contributed by atoms with Crippen LogP contribution in [0.2, 0.25) is 0 Å². The summed E-state index contributed by atoms with van der Waals surface area (Å²) >= 11 is 1.65. The van der Waals surface area contributed by atoms with Crippen LogP contribution in [0.25, 0.3) is 10.2 Å². The third kappa shape index (κ3) is 3.08. The maximum absolute atomic E-state index is 5.72. The van der Waals surface area contributed by atoms with Gasteiger partial charge in [-0.15, -0.1) is 11.3 Å². The molecule has 0 unspecified atom stereocenters. The predicted octanol–water partition coefficient (Wildman–Crippen LogP) is 1.95. The van der Waals surface area contributed by atoms with Gasteiger partial charge in [-0.2, -0.15) is 4.98 Å². The first-order valence-electron chi connectivity index (χ1n) is 5.98. The molecule has 0 bridgehead atoms. The molecule has 0 saturated carbocycles. The van der Waals surface area contributed by atoms with Gasteiger partial charge in [0.2, 0.25) is 5.95 Å². The fraction of sp³-hybridized carbons (Fsp3) is 0.500. The average Bonchev–Trinajstić information content (AvgIpc) is 2.64. The van der Waals surface area contributed by atoms with E-state index in [1.54, 1.807) is 11.3 Å². The molecule has 5 nitrogen and oxygen atoms in total. The molecule has 0 amide bonds. The Bertz CT molecular complexity index is 534. The Morgan fingerprint density at radius 1 is 1.39 bits per heavy atom. The Morgan fingerprint density at radius 3 is 2.89 bits per heavy atom. The van der Waals surface area contributed by atoms with Crippen molar-refractivity contribution in [3.63, 3.8) is 0 Å². The molecular weight excluding hydrogens is 246 g/mol. The van der Waals surface area contributed by atoms with Gasteiger partial charge < -0.3 is 16.0 Å². The van der Waals surface area contributed by atoms with Crippen LogP contribution < -0.4 is 11.1 Å². The summed E-state index contributed by atoms with van der Waals surface area (Å²) in [5.74, 6) is 1.18. The topological polar surface area (TPSA) is 67.1 Å². The van der Waals surface area contributed by atoms with E-state index in [0.717, 1.165) is 35.5 Å². The lowest BCUT2D eigenvalue weighted by atomic mass is 10.3. The molecule has 6 heteroatoms. The molecule has 0 aliphatic rings. The molecule has 18 heavy (non-hydrogen) atoms. The molecule has 0 aliphatic carbocycles. The summed E-state index contributed by atoms with van der Waals surface area (Å²) in [4.78, 5) is 12.9. The molecule has 2 heterocycles. The maximum Gasteiger partial charge on any atom is 0.223 e. The monoisotopic (exact) mass is 265 g/mol. The highest BCUT2D eigenvalue weighted by molar-refractivity contribution is 7.18. The number of hydrogen-bond donors (Lipinski definition) is 2. The minimum absolute atomic E-state index is 0.333. The van der Waals surface area contributed by atoms with Crippen LogP contribution in [-0.2, 0) is 0 Å². The molecule has 0 radical (unpaired) electrons. The number of thiophene rings is 1. The van der Waals surface area contributed by atoms with Gasteiger partial charge in [0, 0.05) is 11.4 Å². The van der Waals surface area contributed by atoms with Crippen LogP contribution in [0.5, 0.6) is 0 Å². The van der Waals surface area contributed by atoms with Crippen molar-refractivity contribution in [1.82, 2.24) is 14.9 Å². The molecule has 98 valence electrons. The number of aryl methyl sites for hydroxylation is 1. The highest BCUT2D eigenvalue weighted by Gasteiger charge is 2.08. The average molecular weight is 265 g/mol. The van der Waals surface area contributed by atoms with Crippen LogP contribution in [0, 0.1) is 6.92 Å². The maximum atomic E-state index is 5.72. The van der Waals surface area contributed by atoms with E-state index >= 15 is 0 Å². The first kappa shape index (κ1) is 13.0. The highest BCUT2D eigenvalue weighted by Crippen LogP contribution is 2.28. The van der Waals surface area contributed by atoms with E-state index in [4.69, 9.17) is 5.73 Å². The molecule has 0 fully saturated rings.